The summed E-state index contributed by atoms with van der Waals surface area (Å²) in [6.45, 7) is 2.21. The first-order valence-electron chi connectivity index (χ1n) is 8.89. The normalized spacial score (nSPS) is 25.7. The topological polar surface area (TPSA) is 95.5 Å². The zero-order valence-corrected chi connectivity index (χ0v) is 15.2. The molecule has 3 atom stereocenters. The van der Waals surface area contributed by atoms with Gasteiger partial charge in [-0.25, -0.2) is 0 Å². The lowest BCUT2D eigenvalue weighted by molar-refractivity contribution is -0.149. The van der Waals surface area contributed by atoms with Crippen molar-refractivity contribution in [3.05, 3.63) is 21.4 Å². The molecule has 0 saturated heterocycles. The Morgan fingerprint density at radius 3 is 2.56 bits per heavy atom. The maximum atomic E-state index is 12.4. The van der Waals surface area contributed by atoms with Crippen molar-refractivity contribution >= 4 is 29.1 Å². The molecule has 0 aromatic carbocycles. The van der Waals surface area contributed by atoms with Crippen LogP contribution in [0, 0.1) is 17.8 Å². The smallest absolute Gasteiger partial charge is 0.307 e. The number of nitrogens with one attached hydrogen (secondary N) is 2. The predicted molar refractivity (Wildman–Crippen MR) is 94.2 cm³/mol. The van der Waals surface area contributed by atoms with Gasteiger partial charge in [-0.15, -0.1) is 11.3 Å². The van der Waals surface area contributed by atoms with Crippen LogP contribution in [0.2, 0.25) is 0 Å². The van der Waals surface area contributed by atoms with Crippen LogP contribution in [0.1, 0.15) is 59.8 Å². The first-order chi connectivity index (χ1) is 12.0. The number of amides is 2. The predicted octanol–water partition coefficient (Wildman–Crippen LogP) is 2.52. The van der Waals surface area contributed by atoms with Gasteiger partial charge in [0.05, 0.1) is 17.4 Å². The molecule has 136 valence electrons. The van der Waals surface area contributed by atoms with Crippen LogP contribution in [-0.2, 0) is 22.4 Å². The Morgan fingerprint density at radius 1 is 1.12 bits per heavy atom. The average Bonchev–Trinajstić information content (AvgIpc) is 3.02. The molecule has 0 radical (unpaired) electrons. The minimum absolute atomic E-state index is 0.317. The molecule has 7 heteroatoms. The Labute approximate surface area is 151 Å². The molecule has 0 spiro atoms. The number of hydrogen-bond donors (Lipinski definition) is 3. The van der Waals surface area contributed by atoms with E-state index < -0.39 is 23.7 Å². The molecule has 1 fully saturated rings. The SMILES string of the molecule is C[C@H]1CCc2c(C(=O)NNC(=O)[C@H]3CCCC[C@@H]3C(=O)O)csc2C1. The second-order valence-corrected chi connectivity index (χ2v) is 8.14. The first kappa shape index (κ1) is 17.9. The van der Waals surface area contributed by atoms with E-state index in [4.69, 9.17) is 0 Å². The molecule has 0 bridgehead atoms. The highest BCUT2D eigenvalue weighted by molar-refractivity contribution is 7.10. The lowest BCUT2D eigenvalue weighted by Gasteiger charge is -2.27. The molecule has 0 unspecified atom stereocenters. The standard InChI is InChI=1S/C18H24N2O4S/c1-10-6-7-11-14(9-25-15(11)8-10)17(22)20-19-16(21)12-4-2-3-5-13(12)18(23)24/h9-10,12-13H,2-8H2,1H3,(H,19,21)(H,20,22)(H,23,24)/t10-,12-,13-/m0/s1. The fraction of sp³-hybridized carbons (Fsp3) is 0.611. The second kappa shape index (κ2) is 7.56. The summed E-state index contributed by atoms with van der Waals surface area (Å²) >= 11 is 1.60. The fourth-order valence-corrected chi connectivity index (χ4v) is 5.13. The first-order valence-corrected chi connectivity index (χ1v) is 9.77. The second-order valence-electron chi connectivity index (χ2n) is 7.18. The van der Waals surface area contributed by atoms with E-state index in [1.807, 2.05) is 5.38 Å². The Hall–Kier alpha value is -1.89. The van der Waals surface area contributed by atoms with E-state index in [2.05, 4.69) is 17.8 Å². The molecule has 3 N–H and O–H groups in total. The number of rotatable bonds is 3. The number of aliphatic carboxylic acids is 1. The summed E-state index contributed by atoms with van der Waals surface area (Å²) in [5.41, 5.74) is 6.65. The maximum absolute atomic E-state index is 12.4. The summed E-state index contributed by atoms with van der Waals surface area (Å²) < 4.78 is 0. The Kier molecular flexibility index (Phi) is 5.42. The summed E-state index contributed by atoms with van der Waals surface area (Å²) in [6.07, 6.45) is 5.68. The van der Waals surface area contributed by atoms with Gasteiger partial charge in [-0.3, -0.25) is 25.2 Å². The molecule has 1 heterocycles. The van der Waals surface area contributed by atoms with E-state index in [0.29, 0.717) is 24.3 Å². The molecule has 1 saturated carbocycles. The van der Waals surface area contributed by atoms with E-state index in [9.17, 15) is 19.5 Å². The van der Waals surface area contributed by atoms with E-state index in [-0.39, 0.29) is 5.91 Å². The lowest BCUT2D eigenvalue weighted by atomic mass is 9.79. The number of carbonyl (C=O) groups is 3. The monoisotopic (exact) mass is 364 g/mol. The number of hydrazine groups is 1. The number of hydrogen-bond acceptors (Lipinski definition) is 4. The van der Waals surface area contributed by atoms with E-state index in [0.717, 1.165) is 37.7 Å². The third kappa shape index (κ3) is 3.86. The highest BCUT2D eigenvalue weighted by Gasteiger charge is 2.36. The maximum Gasteiger partial charge on any atom is 0.307 e. The molecular formula is C18H24N2O4S. The molecule has 1 aromatic rings. The van der Waals surface area contributed by atoms with Crippen molar-refractivity contribution in [1.82, 2.24) is 10.9 Å². The van der Waals surface area contributed by atoms with Gasteiger partial charge in [-0.05, 0) is 43.6 Å². The number of thiophene rings is 1. The van der Waals surface area contributed by atoms with Gasteiger partial charge in [-0.2, -0.15) is 0 Å². The van der Waals surface area contributed by atoms with Crippen LogP contribution in [0.5, 0.6) is 0 Å². The third-order valence-electron chi connectivity index (χ3n) is 5.37. The van der Waals surface area contributed by atoms with Gasteiger partial charge in [0, 0.05) is 10.3 Å². The van der Waals surface area contributed by atoms with Gasteiger partial charge in [-0.1, -0.05) is 19.8 Å². The number of carbonyl (C=O) groups excluding carboxylic acids is 2. The summed E-state index contributed by atoms with van der Waals surface area (Å²) in [5.74, 6) is -2.26. The fourth-order valence-electron chi connectivity index (χ4n) is 3.89. The zero-order valence-electron chi connectivity index (χ0n) is 14.3. The largest absolute Gasteiger partial charge is 0.481 e. The highest BCUT2D eigenvalue weighted by Crippen LogP contribution is 2.33. The summed E-state index contributed by atoms with van der Waals surface area (Å²) in [7, 11) is 0. The molecule has 2 aliphatic rings. The van der Waals surface area contributed by atoms with Crippen LogP contribution >= 0.6 is 11.3 Å². The van der Waals surface area contributed by atoms with Crippen LogP contribution in [0.3, 0.4) is 0 Å². The van der Waals surface area contributed by atoms with Gasteiger partial charge in [0.1, 0.15) is 0 Å². The zero-order chi connectivity index (χ0) is 18.0. The summed E-state index contributed by atoms with van der Waals surface area (Å²) in [5, 5.41) is 11.1. The summed E-state index contributed by atoms with van der Waals surface area (Å²) in [6, 6.07) is 0. The van der Waals surface area contributed by atoms with E-state index in [1.165, 1.54) is 4.88 Å². The van der Waals surface area contributed by atoms with Crippen molar-refractivity contribution < 1.29 is 19.5 Å². The van der Waals surface area contributed by atoms with Crippen LogP contribution in [0.15, 0.2) is 5.38 Å². The van der Waals surface area contributed by atoms with Crippen molar-refractivity contribution in [2.45, 2.75) is 51.9 Å². The number of carboxylic acids is 1. The lowest BCUT2D eigenvalue weighted by Crippen LogP contribution is -2.48. The minimum Gasteiger partial charge on any atom is -0.481 e. The third-order valence-corrected chi connectivity index (χ3v) is 6.42. The van der Waals surface area contributed by atoms with Crippen LogP contribution in [-0.4, -0.2) is 22.9 Å². The molecule has 0 aliphatic heterocycles. The van der Waals surface area contributed by atoms with Gasteiger partial charge >= 0.3 is 5.97 Å². The minimum atomic E-state index is -0.938. The van der Waals surface area contributed by atoms with Crippen molar-refractivity contribution in [3.63, 3.8) is 0 Å². The molecular weight excluding hydrogens is 340 g/mol. The van der Waals surface area contributed by atoms with Crippen LogP contribution in [0.25, 0.3) is 0 Å². The van der Waals surface area contributed by atoms with Crippen molar-refractivity contribution in [2.24, 2.45) is 17.8 Å². The Morgan fingerprint density at radius 2 is 1.84 bits per heavy atom. The summed E-state index contributed by atoms with van der Waals surface area (Å²) in [4.78, 5) is 37.3. The molecule has 25 heavy (non-hydrogen) atoms. The number of fused-ring (bicyclic) bond motifs is 1. The highest BCUT2D eigenvalue weighted by atomic mass is 32.1. The van der Waals surface area contributed by atoms with E-state index >= 15 is 0 Å². The molecule has 1 aromatic heterocycles. The molecule has 2 amide bonds. The van der Waals surface area contributed by atoms with Gasteiger partial charge in [0.15, 0.2) is 0 Å². The molecule has 3 rings (SSSR count). The Bertz CT molecular complexity index is 685. The Balaban J connectivity index is 1.61. The molecule has 6 nitrogen and oxygen atoms in total. The van der Waals surface area contributed by atoms with Crippen LogP contribution in [0.4, 0.5) is 0 Å². The van der Waals surface area contributed by atoms with Crippen molar-refractivity contribution in [3.8, 4) is 0 Å². The van der Waals surface area contributed by atoms with Crippen molar-refractivity contribution in [2.75, 3.05) is 0 Å². The van der Waals surface area contributed by atoms with Gasteiger partial charge < -0.3 is 5.11 Å². The van der Waals surface area contributed by atoms with Crippen LogP contribution < -0.4 is 10.9 Å². The quantitative estimate of drug-likeness (QED) is 0.718. The van der Waals surface area contributed by atoms with E-state index in [1.54, 1.807) is 11.3 Å². The molecule has 2 aliphatic carbocycles. The average molecular weight is 364 g/mol. The van der Waals surface area contributed by atoms with Gasteiger partial charge in [0.25, 0.3) is 5.91 Å². The number of carboxylic acid groups (broad SMARTS) is 1. The van der Waals surface area contributed by atoms with Gasteiger partial charge in [0.2, 0.25) is 5.91 Å². The van der Waals surface area contributed by atoms with Crippen molar-refractivity contribution in [1.29, 1.82) is 0 Å².